The molecule has 3 N–H and O–H groups in total. The summed E-state index contributed by atoms with van der Waals surface area (Å²) in [7, 11) is 0. The quantitative estimate of drug-likeness (QED) is 0.748. The molecule has 0 saturated heterocycles. The van der Waals surface area contributed by atoms with E-state index >= 15 is 0 Å². The Labute approximate surface area is 130 Å². The molecule has 0 aliphatic rings. The molecule has 0 aliphatic carbocycles. The molecule has 21 heavy (non-hydrogen) atoms. The van der Waals surface area contributed by atoms with Gasteiger partial charge in [0.15, 0.2) is 5.13 Å². The van der Waals surface area contributed by atoms with Crippen molar-refractivity contribution in [3.05, 3.63) is 52.5 Å². The highest BCUT2D eigenvalue weighted by Crippen LogP contribution is 2.27. The summed E-state index contributed by atoms with van der Waals surface area (Å²) in [5.41, 5.74) is 8.56. The number of nitrogens with two attached hydrogens (primary N) is 1. The van der Waals surface area contributed by atoms with Crippen LogP contribution in [0.4, 0.5) is 10.8 Å². The van der Waals surface area contributed by atoms with Gasteiger partial charge < -0.3 is 11.1 Å². The van der Waals surface area contributed by atoms with Crippen LogP contribution in [0.3, 0.4) is 0 Å². The van der Waals surface area contributed by atoms with Crippen LogP contribution < -0.4 is 11.1 Å². The number of nitrogens with one attached hydrogen (secondary N) is 1. The first-order chi connectivity index (χ1) is 10.0. The lowest BCUT2D eigenvalue weighted by Gasteiger charge is -2.10. The van der Waals surface area contributed by atoms with Gasteiger partial charge >= 0.3 is 0 Å². The van der Waals surface area contributed by atoms with E-state index in [0.29, 0.717) is 21.4 Å². The number of thiazole rings is 1. The monoisotopic (exact) mass is 317 g/mol. The zero-order chi connectivity index (χ0) is 15.0. The molecule has 3 aromatic rings. The number of nitrogen functional groups attached to an aromatic ring is 1. The highest BCUT2D eigenvalue weighted by Gasteiger charge is 2.12. The molecule has 0 atom stereocenters. The first kappa shape index (κ1) is 13.9. The van der Waals surface area contributed by atoms with E-state index in [4.69, 9.17) is 17.3 Å². The Hall–Kier alpha value is -2.11. The summed E-state index contributed by atoms with van der Waals surface area (Å²) < 4.78 is 0.885. The number of hydrogen-bond donors (Lipinski definition) is 2. The van der Waals surface area contributed by atoms with Crippen LogP contribution in [0.5, 0.6) is 0 Å². The Morgan fingerprint density at radius 1 is 1.33 bits per heavy atom. The summed E-state index contributed by atoms with van der Waals surface area (Å²) in [6, 6.07) is 10.8. The van der Waals surface area contributed by atoms with Crippen LogP contribution in [0.25, 0.3) is 10.2 Å². The zero-order valence-corrected chi connectivity index (χ0v) is 12.8. The first-order valence-corrected chi connectivity index (χ1v) is 7.46. The van der Waals surface area contributed by atoms with E-state index in [9.17, 15) is 4.79 Å². The third-order valence-corrected chi connectivity index (χ3v) is 4.29. The topological polar surface area (TPSA) is 68.0 Å². The van der Waals surface area contributed by atoms with Crippen LogP contribution in [-0.2, 0) is 0 Å². The largest absolute Gasteiger partial charge is 0.375 e. The summed E-state index contributed by atoms with van der Waals surface area (Å²) in [5, 5.41) is 3.86. The molecule has 0 saturated carbocycles. The number of anilines is 2. The summed E-state index contributed by atoms with van der Waals surface area (Å²) in [6.07, 6.45) is 0. The molecule has 1 aromatic heterocycles. The van der Waals surface area contributed by atoms with Gasteiger partial charge in [-0.15, -0.1) is 0 Å². The minimum atomic E-state index is -0.208. The van der Waals surface area contributed by atoms with Crippen molar-refractivity contribution in [2.75, 3.05) is 11.1 Å². The molecule has 6 heteroatoms. The molecule has 0 bridgehead atoms. The normalized spacial score (nSPS) is 10.8. The molecule has 0 radical (unpaired) electrons. The van der Waals surface area contributed by atoms with Gasteiger partial charge in [0.25, 0.3) is 5.91 Å². The van der Waals surface area contributed by atoms with E-state index in [1.807, 2.05) is 19.1 Å². The minimum absolute atomic E-state index is 0.208. The number of amides is 1. The van der Waals surface area contributed by atoms with E-state index in [1.54, 1.807) is 24.3 Å². The number of rotatable bonds is 2. The molecule has 0 spiro atoms. The first-order valence-electron chi connectivity index (χ1n) is 6.27. The molecular formula is C15H12ClN3OS. The number of aromatic nitrogens is 1. The van der Waals surface area contributed by atoms with Crippen molar-refractivity contribution >= 4 is 49.9 Å². The number of hydrogen-bond acceptors (Lipinski definition) is 4. The third kappa shape index (κ3) is 2.70. The Kier molecular flexibility index (Phi) is 3.53. The maximum Gasteiger partial charge on any atom is 0.255 e. The van der Waals surface area contributed by atoms with E-state index in [2.05, 4.69) is 10.3 Å². The van der Waals surface area contributed by atoms with Gasteiger partial charge in [0, 0.05) is 5.56 Å². The van der Waals surface area contributed by atoms with Crippen LogP contribution in [-0.4, -0.2) is 10.9 Å². The number of fused-ring (bicyclic) bond motifs is 1. The van der Waals surface area contributed by atoms with Gasteiger partial charge in [0.05, 0.1) is 20.9 Å². The molecule has 0 aliphatic heterocycles. The lowest BCUT2D eigenvalue weighted by atomic mass is 10.1. The van der Waals surface area contributed by atoms with Crippen LogP contribution in [0, 0.1) is 6.92 Å². The molecule has 2 aromatic carbocycles. The van der Waals surface area contributed by atoms with Gasteiger partial charge in [0.1, 0.15) is 0 Å². The molecule has 3 rings (SSSR count). The van der Waals surface area contributed by atoms with Gasteiger partial charge in [-0.3, -0.25) is 4.79 Å². The highest BCUT2D eigenvalue weighted by atomic mass is 35.5. The predicted molar refractivity (Wildman–Crippen MR) is 88.2 cm³/mol. The number of benzene rings is 2. The Balaban J connectivity index is 1.93. The summed E-state index contributed by atoms with van der Waals surface area (Å²) in [4.78, 5) is 16.5. The van der Waals surface area contributed by atoms with Gasteiger partial charge in [-0.05, 0) is 36.8 Å². The summed E-state index contributed by atoms with van der Waals surface area (Å²) in [5.74, 6) is -0.208. The van der Waals surface area contributed by atoms with Crippen molar-refractivity contribution in [1.29, 1.82) is 0 Å². The summed E-state index contributed by atoms with van der Waals surface area (Å²) >= 11 is 7.48. The number of aryl methyl sites for hydroxylation is 1. The molecule has 0 unspecified atom stereocenters. The van der Waals surface area contributed by atoms with Crippen molar-refractivity contribution in [3.8, 4) is 0 Å². The lowest BCUT2D eigenvalue weighted by molar-refractivity contribution is 0.102. The fourth-order valence-electron chi connectivity index (χ4n) is 2.06. The van der Waals surface area contributed by atoms with Crippen molar-refractivity contribution in [2.24, 2.45) is 0 Å². The van der Waals surface area contributed by atoms with Crippen LogP contribution in [0.2, 0.25) is 5.02 Å². The second-order valence-corrected chi connectivity index (χ2v) is 6.09. The summed E-state index contributed by atoms with van der Waals surface area (Å²) in [6.45, 7) is 1.90. The average molecular weight is 318 g/mol. The zero-order valence-electron chi connectivity index (χ0n) is 11.2. The maximum absolute atomic E-state index is 12.4. The Morgan fingerprint density at radius 3 is 2.90 bits per heavy atom. The molecular weight excluding hydrogens is 306 g/mol. The van der Waals surface area contributed by atoms with E-state index < -0.39 is 0 Å². The van der Waals surface area contributed by atoms with Crippen molar-refractivity contribution in [1.82, 2.24) is 4.98 Å². The second kappa shape index (κ2) is 5.35. The fourth-order valence-corrected chi connectivity index (χ4v) is 3.10. The smallest absolute Gasteiger partial charge is 0.255 e. The van der Waals surface area contributed by atoms with E-state index in [0.717, 1.165) is 15.8 Å². The Bertz CT molecular complexity index is 824. The molecule has 1 heterocycles. The number of carbonyl (C=O) groups is 1. The average Bonchev–Trinajstić information content (AvgIpc) is 2.81. The third-order valence-electron chi connectivity index (χ3n) is 3.13. The van der Waals surface area contributed by atoms with Crippen LogP contribution in [0.15, 0.2) is 36.4 Å². The molecule has 4 nitrogen and oxygen atoms in total. The van der Waals surface area contributed by atoms with Crippen molar-refractivity contribution in [3.63, 3.8) is 0 Å². The second-order valence-electron chi connectivity index (χ2n) is 4.62. The van der Waals surface area contributed by atoms with Gasteiger partial charge in [0.2, 0.25) is 0 Å². The molecule has 0 fully saturated rings. The Morgan fingerprint density at radius 2 is 2.14 bits per heavy atom. The minimum Gasteiger partial charge on any atom is -0.375 e. The molecule has 1 amide bonds. The predicted octanol–water partition coefficient (Wildman–Crippen LogP) is 4.09. The number of halogens is 1. The highest BCUT2D eigenvalue weighted by molar-refractivity contribution is 7.22. The van der Waals surface area contributed by atoms with E-state index in [1.165, 1.54) is 11.3 Å². The maximum atomic E-state index is 12.4. The molecule has 106 valence electrons. The van der Waals surface area contributed by atoms with Crippen molar-refractivity contribution < 1.29 is 4.79 Å². The van der Waals surface area contributed by atoms with Crippen LogP contribution in [0.1, 0.15) is 15.9 Å². The fraction of sp³-hybridized carbons (Fsp3) is 0.0667. The van der Waals surface area contributed by atoms with Gasteiger partial charge in [-0.2, -0.15) is 0 Å². The van der Waals surface area contributed by atoms with Crippen molar-refractivity contribution in [2.45, 2.75) is 6.92 Å². The van der Waals surface area contributed by atoms with Gasteiger partial charge in [-0.1, -0.05) is 35.1 Å². The van der Waals surface area contributed by atoms with Gasteiger partial charge in [-0.25, -0.2) is 4.98 Å². The number of carbonyl (C=O) groups excluding carboxylic acids is 1. The standard InChI is InChI=1S/C15H12ClN3OS/c1-8-3-2-4-10(16)13(8)19-14(20)9-5-6-11-12(7-9)21-15(17)18-11/h2-7H,1H3,(H2,17,18)(H,19,20). The SMILES string of the molecule is Cc1cccc(Cl)c1NC(=O)c1ccc2nc(N)sc2c1. The number of para-hydroxylation sites is 1. The lowest BCUT2D eigenvalue weighted by Crippen LogP contribution is -2.13. The van der Waals surface area contributed by atoms with Crippen LogP contribution >= 0.6 is 22.9 Å². The number of nitrogens with zero attached hydrogens (tertiary/aromatic N) is 1. The van der Waals surface area contributed by atoms with E-state index in [-0.39, 0.29) is 5.91 Å².